The molecule has 0 bridgehead atoms. The Hall–Kier alpha value is -0.100. The monoisotopic (exact) mass is 323 g/mol. The molecule has 0 aromatic carbocycles. The molecule has 0 aromatic rings. The Balaban J connectivity index is 1.82. The summed E-state index contributed by atoms with van der Waals surface area (Å²) in [6.07, 6.45) is 4.62. The molecule has 1 atom stereocenters. The van der Waals surface area contributed by atoms with Gasteiger partial charge in [-0.3, -0.25) is 4.79 Å². The van der Waals surface area contributed by atoms with Crippen LogP contribution in [0.4, 0.5) is 0 Å². The fourth-order valence-corrected chi connectivity index (χ4v) is 4.79. The van der Waals surface area contributed by atoms with Gasteiger partial charge in [-0.25, -0.2) is 8.42 Å². The molecular formula is C11H18BrNO3S. The summed E-state index contributed by atoms with van der Waals surface area (Å²) >= 11 is 3.57. The van der Waals surface area contributed by atoms with E-state index < -0.39 is 9.84 Å². The maximum Gasteiger partial charge on any atom is 0.224 e. The lowest BCUT2D eigenvalue weighted by Gasteiger charge is -2.26. The van der Waals surface area contributed by atoms with Gasteiger partial charge in [0.2, 0.25) is 5.91 Å². The van der Waals surface area contributed by atoms with Gasteiger partial charge in [-0.05, 0) is 32.1 Å². The highest BCUT2D eigenvalue weighted by molar-refractivity contribution is 9.09. The number of hydrogen-bond acceptors (Lipinski definition) is 3. The van der Waals surface area contributed by atoms with E-state index >= 15 is 0 Å². The molecule has 1 aliphatic heterocycles. The summed E-state index contributed by atoms with van der Waals surface area (Å²) in [5, 5.41) is 2.99. The fourth-order valence-electron chi connectivity index (χ4n) is 2.52. The van der Waals surface area contributed by atoms with Crippen molar-refractivity contribution in [3.05, 3.63) is 0 Å². The van der Waals surface area contributed by atoms with Gasteiger partial charge in [-0.1, -0.05) is 15.9 Å². The number of carbonyl (C=O) groups is 1. The van der Waals surface area contributed by atoms with Gasteiger partial charge in [0.25, 0.3) is 0 Å². The summed E-state index contributed by atoms with van der Waals surface area (Å²) in [6, 6.07) is 0.236. The maximum atomic E-state index is 11.9. The van der Waals surface area contributed by atoms with E-state index in [0.29, 0.717) is 11.2 Å². The van der Waals surface area contributed by atoms with Gasteiger partial charge in [-0.15, -0.1) is 0 Å². The summed E-state index contributed by atoms with van der Waals surface area (Å²) < 4.78 is 22.6. The van der Waals surface area contributed by atoms with Crippen LogP contribution in [0.5, 0.6) is 0 Å². The van der Waals surface area contributed by atoms with Crippen molar-refractivity contribution in [3.8, 4) is 0 Å². The Morgan fingerprint density at radius 2 is 1.76 bits per heavy atom. The Kier molecular flexibility index (Phi) is 4.13. The number of hydrogen-bond donors (Lipinski definition) is 1. The predicted molar refractivity (Wildman–Crippen MR) is 69.9 cm³/mol. The first-order valence-corrected chi connectivity index (χ1v) is 8.85. The molecule has 1 amide bonds. The van der Waals surface area contributed by atoms with Crippen LogP contribution in [-0.4, -0.2) is 36.7 Å². The van der Waals surface area contributed by atoms with E-state index in [0.717, 1.165) is 25.7 Å². The molecule has 0 spiro atoms. The predicted octanol–water partition coefficient (Wildman–Crippen LogP) is 1.24. The van der Waals surface area contributed by atoms with Crippen LogP contribution >= 0.6 is 15.9 Å². The van der Waals surface area contributed by atoms with Crippen molar-refractivity contribution in [3.63, 3.8) is 0 Å². The zero-order valence-electron chi connectivity index (χ0n) is 9.69. The molecule has 2 fully saturated rings. The summed E-state index contributed by atoms with van der Waals surface area (Å²) in [5.74, 6) is -0.183. The molecule has 0 radical (unpaired) electrons. The molecule has 4 nitrogen and oxygen atoms in total. The van der Waals surface area contributed by atoms with Gasteiger partial charge in [0.05, 0.1) is 17.4 Å². The molecule has 1 N–H and O–H groups in total. The summed E-state index contributed by atoms with van der Waals surface area (Å²) in [4.78, 5) is 12.5. The molecular weight excluding hydrogens is 306 g/mol. The van der Waals surface area contributed by atoms with E-state index in [2.05, 4.69) is 21.2 Å². The van der Waals surface area contributed by atoms with Crippen LogP contribution in [0.1, 0.15) is 32.1 Å². The van der Waals surface area contributed by atoms with Crippen LogP contribution < -0.4 is 5.32 Å². The van der Waals surface area contributed by atoms with Crippen molar-refractivity contribution in [2.75, 3.05) is 11.5 Å². The first kappa shape index (κ1) is 13.3. The topological polar surface area (TPSA) is 63.2 Å². The van der Waals surface area contributed by atoms with Crippen LogP contribution in [0, 0.1) is 5.92 Å². The van der Waals surface area contributed by atoms with Gasteiger partial charge in [-0.2, -0.15) is 0 Å². The molecule has 6 heteroatoms. The standard InChI is InChI=1S/C11H18BrNO3S/c12-9-1-3-10(4-2-9)13-11(14)8-5-6-17(15,16)7-8/h8-10H,1-7H2,(H,13,14). The Morgan fingerprint density at radius 1 is 1.12 bits per heavy atom. The highest BCUT2D eigenvalue weighted by Gasteiger charge is 2.34. The van der Waals surface area contributed by atoms with Crippen molar-refractivity contribution in [1.82, 2.24) is 5.32 Å². The van der Waals surface area contributed by atoms with Crippen LogP contribution in [0.3, 0.4) is 0 Å². The average Bonchev–Trinajstić information content (AvgIpc) is 2.62. The Bertz CT molecular complexity index is 388. The number of sulfone groups is 1. The number of nitrogens with one attached hydrogen (secondary N) is 1. The van der Waals surface area contributed by atoms with Gasteiger partial charge in [0, 0.05) is 10.9 Å². The van der Waals surface area contributed by atoms with Crippen molar-refractivity contribution in [2.24, 2.45) is 5.92 Å². The minimum atomic E-state index is -2.96. The number of rotatable bonds is 2. The average molecular weight is 324 g/mol. The zero-order valence-corrected chi connectivity index (χ0v) is 12.1. The lowest BCUT2D eigenvalue weighted by atomic mass is 9.94. The normalized spacial score (nSPS) is 36.6. The highest BCUT2D eigenvalue weighted by atomic mass is 79.9. The SMILES string of the molecule is O=C(NC1CCC(Br)CC1)C1CCS(=O)(=O)C1. The van der Waals surface area contributed by atoms with E-state index in [1.165, 1.54) is 0 Å². The van der Waals surface area contributed by atoms with E-state index in [-0.39, 0.29) is 29.4 Å². The van der Waals surface area contributed by atoms with Gasteiger partial charge in [0.15, 0.2) is 9.84 Å². The first-order valence-electron chi connectivity index (χ1n) is 6.11. The molecule has 2 rings (SSSR count). The van der Waals surface area contributed by atoms with Crippen molar-refractivity contribution in [2.45, 2.75) is 43.0 Å². The molecule has 1 aliphatic carbocycles. The van der Waals surface area contributed by atoms with Crippen molar-refractivity contribution >= 4 is 31.7 Å². The molecule has 0 aromatic heterocycles. The summed E-state index contributed by atoms with van der Waals surface area (Å²) in [6.45, 7) is 0. The third-order valence-electron chi connectivity index (χ3n) is 3.61. The molecule has 17 heavy (non-hydrogen) atoms. The second-order valence-electron chi connectivity index (χ2n) is 5.06. The molecule has 1 saturated carbocycles. The van der Waals surface area contributed by atoms with Crippen molar-refractivity contribution < 1.29 is 13.2 Å². The van der Waals surface area contributed by atoms with E-state index in [9.17, 15) is 13.2 Å². The highest BCUT2D eigenvalue weighted by Crippen LogP contribution is 2.25. The third kappa shape index (κ3) is 3.68. The second kappa shape index (κ2) is 5.26. The quantitative estimate of drug-likeness (QED) is 0.778. The lowest BCUT2D eigenvalue weighted by molar-refractivity contribution is -0.125. The zero-order chi connectivity index (χ0) is 12.5. The van der Waals surface area contributed by atoms with Gasteiger partial charge < -0.3 is 5.32 Å². The first-order chi connectivity index (χ1) is 7.96. The Labute approximate surface area is 111 Å². The number of halogens is 1. The largest absolute Gasteiger partial charge is 0.353 e. The van der Waals surface area contributed by atoms with Crippen LogP contribution in [-0.2, 0) is 14.6 Å². The van der Waals surface area contributed by atoms with E-state index in [4.69, 9.17) is 0 Å². The minimum absolute atomic E-state index is 0.0343. The van der Waals surface area contributed by atoms with Gasteiger partial charge >= 0.3 is 0 Å². The maximum absolute atomic E-state index is 11.9. The van der Waals surface area contributed by atoms with Gasteiger partial charge in [0.1, 0.15) is 0 Å². The molecule has 1 unspecified atom stereocenters. The number of carbonyl (C=O) groups excluding carboxylic acids is 1. The van der Waals surface area contributed by atoms with E-state index in [1.54, 1.807) is 0 Å². The Morgan fingerprint density at radius 3 is 2.29 bits per heavy atom. The molecule has 1 saturated heterocycles. The molecule has 2 aliphatic rings. The smallest absolute Gasteiger partial charge is 0.224 e. The minimum Gasteiger partial charge on any atom is -0.353 e. The molecule has 1 heterocycles. The fraction of sp³-hybridized carbons (Fsp3) is 0.909. The number of alkyl halides is 1. The summed E-state index contributed by atoms with van der Waals surface area (Å²) in [5.41, 5.74) is 0. The van der Waals surface area contributed by atoms with Crippen molar-refractivity contribution in [1.29, 1.82) is 0 Å². The van der Waals surface area contributed by atoms with E-state index in [1.807, 2.05) is 0 Å². The second-order valence-corrected chi connectivity index (χ2v) is 8.58. The number of amides is 1. The van der Waals surface area contributed by atoms with Crippen LogP contribution in [0.25, 0.3) is 0 Å². The lowest BCUT2D eigenvalue weighted by Crippen LogP contribution is -2.41. The molecule has 98 valence electrons. The van der Waals surface area contributed by atoms with Crippen LogP contribution in [0.2, 0.25) is 0 Å². The summed E-state index contributed by atoms with van der Waals surface area (Å²) in [7, 11) is -2.96. The van der Waals surface area contributed by atoms with Crippen LogP contribution in [0.15, 0.2) is 0 Å². The third-order valence-corrected chi connectivity index (χ3v) is 6.29.